The van der Waals surface area contributed by atoms with Gasteiger partial charge >= 0.3 is 0 Å². The summed E-state index contributed by atoms with van der Waals surface area (Å²) in [5.41, 5.74) is 9.74. The van der Waals surface area contributed by atoms with E-state index in [-0.39, 0.29) is 11.8 Å². The molecule has 2 atom stereocenters. The predicted molar refractivity (Wildman–Crippen MR) is 205 cm³/mol. The molecule has 1 heterocycles. The fourth-order valence-corrected chi connectivity index (χ4v) is 7.62. The standard InChI is InChI=1S/C46H32N4O/c47-29-33-11-7-9-17-43(33)49(37-13-3-1-4-14-37)39-21-19-31-25-41-42-26-32-20-22-40(24-36(32)28-46(42)51-45(41)27-35(31)23-39)50(38-15-5-2-6-16-38)44-18-10-8-12-34(44)30-48/h1-11,13-26,28,34-35H,12,27H2. The number of nitriles is 2. The van der Waals surface area contributed by atoms with Crippen molar-refractivity contribution >= 4 is 50.6 Å². The molecule has 0 fully saturated rings. The number of hydrogen-bond donors (Lipinski definition) is 0. The first-order valence-corrected chi connectivity index (χ1v) is 17.2. The molecule has 3 aliphatic rings. The molecule has 5 heteroatoms. The van der Waals surface area contributed by atoms with Gasteiger partial charge in [0, 0.05) is 51.7 Å². The Morgan fingerprint density at radius 3 is 2.27 bits per heavy atom. The smallest absolute Gasteiger partial charge is 0.135 e. The molecule has 0 bridgehead atoms. The maximum absolute atomic E-state index is 10.0. The molecule has 5 nitrogen and oxygen atoms in total. The first-order valence-electron chi connectivity index (χ1n) is 17.2. The van der Waals surface area contributed by atoms with Crippen LogP contribution in [-0.4, -0.2) is 0 Å². The quantitative estimate of drug-likeness (QED) is 0.178. The summed E-state index contributed by atoms with van der Waals surface area (Å²) in [5.74, 6) is 0.877. The van der Waals surface area contributed by atoms with E-state index in [2.05, 4.69) is 113 Å². The highest BCUT2D eigenvalue weighted by Crippen LogP contribution is 2.43. The van der Waals surface area contributed by atoms with Crippen LogP contribution >= 0.6 is 0 Å². The zero-order valence-corrected chi connectivity index (χ0v) is 27.8. The lowest BCUT2D eigenvalue weighted by atomic mass is 9.83. The van der Waals surface area contributed by atoms with Gasteiger partial charge in [-0.3, -0.25) is 0 Å². The van der Waals surface area contributed by atoms with E-state index in [1.165, 1.54) is 5.57 Å². The Morgan fingerprint density at radius 1 is 0.725 bits per heavy atom. The molecule has 242 valence electrons. The topological polar surface area (TPSA) is 67.2 Å². The van der Waals surface area contributed by atoms with Gasteiger partial charge in [-0.25, -0.2) is 0 Å². The summed E-state index contributed by atoms with van der Waals surface area (Å²) in [6.07, 6.45) is 16.5. The molecular weight excluding hydrogens is 625 g/mol. The number of benzene rings is 5. The second kappa shape index (κ2) is 12.6. The van der Waals surface area contributed by atoms with E-state index >= 15 is 0 Å². The number of para-hydroxylation sites is 3. The Hall–Kier alpha value is -6.82. The molecule has 0 aliphatic heterocycles. The fraction of sp³-hybridized carbons (Fsp3) is 0.0870. The molecule has 2 unspecified atom stereocenters. The Balaban J connectivity index is 1.09. The number of anilines is 4. The highest BCUT2D eigenvalue weighted by molar-refractivity contribution is 6.02. The summed E-state index contributed by atoms with van der Waals surface area (Å²) in [7, 11) is 0. The fourth-order valence-electron chi connectivity index (χ4n) is 7.62. The molecule has 0 radical (unpaired) electrons. The van der Waals surface area contributed by atoms with Crippen molar-refractivity contribution < 1.29 is 4.42 Å². The highest BCUT2D eigenvalue weighted by Gasteiger charge is 2.29. The van der Waals surface area contributed by atoms with Gasteiger partial charge in [-0.05, 0) is 102 Å². The van der Waals surface area contributed by atoms with Crippen molar-refractivity contribution in [1.82, 2.24) is 0 Å². The number of allylic oxidation sites excluding steroid dienone is 8. The van der Waals surface area contributed by atoms with Crippen LogP contribution in [-0.2, 0) is 6.42 Å². The van der Waals surface area contributed by atoms with E-state index in [9.17, 15) is 10.5 Å². The van der Waals surface area contributed by atoms with Crippen LogP contribution in [0.2, 0.25) is 0 Å². The van der Waals surface area contributed by atoms with E-state index in [1.807, 2.05) is 66.7 Å². The van der Waals surface area contributed by atoms with Gasteiger partial charge in [0.25, 0.3) is 0 Å². The average molecular weight is 657 g/mol. The largest absolute Gasteiger partial charge is 0.460 e. The average Bonchev–Trinajstić information content (AvgIpc) is 3.53. The van der Waals surface area contributed by atoms with Crippen molar-refractivity contribution in [3.05, 3.63) is 186 Å². The number of rotatable bonds is 6. The van der Waals surface area contributed by atoms with Crippen molar-refractivity contribution in [3.63, 3.8) is 0 Å². The summed E-state index contributed by atoms with van der Waals surface area (Å²) < 4.78 is 6.65. The second-order valence-electron chi connectivity index (χ2n) is 13.1. The van der Waals surface area contributed by atoms with Crippen LogP contribution < -0.4 is 9.80 Å². The number of furan rings is 1. The lowest BCUT2D eigenvalue weighted by Gasteiger charge is -2.31. The minimum atomic E-state index is -0.230. The van der Waals surface area contributed by atoms with Gasteiger partial charge in [0.1, 0.15) is 17.4 Å². The zero-order valence-electron chi connectivity index (χ0n) is 27.8. The Morgan fingerprint density at radius 2 is 1.49 bits per heavy atom. The van der Waals surface area contributed by atoms with Crippen LogP contribution in [0.25, 0.3) is 27.8 Å². The Labute approximate surface area is 296 Å². The summed E-state index contributed by atoms with van der Waals surface area (Å²) in [6.45, 7) is 0. The van der Waals surface area contributed by atoms with Crippen molar-refractivity contribution in [2.75, 3.05) is 9.80 Å². The Kier molecular flexibility index (Phi) is 7.46. The molecule has 51 heavy (non-hydrogen) atoms. The molecule has 6 aromatic rings. The normalized spacial score (nSPS) is 17.4. The maximum atomic E-state index is 10.0. The van der Waals surface area contributed by atoms with Gasteiger partial charge in [0.2, 0.25) is 0 Å². The molecule has 0 amide bonds. The number of nitrogens with zero attached hydrogens (tertiary/aromatic N) is 4. The molecule has 0 N–H and O–H groups in total. The molecule has 1 aromatic heterocycles. The monoisotopic (exact) mass is 656 g/mol. The van der Waals surface area contributed by atoms with Gasteiger partial charge < -0.3 is 14.2 Å². The van der Waals surface area contributed by atoms with Crippen molar-refractivity contribution in [3.8, 4) is 12.1 Å². The van der Waals surface area contributed by atoms with Gasteiger partial charge in [-0.1, -0.05) is 78.9 Å². The van der Waals surface area contributed by atoms with E-state index < -0.39 is 0 Å². The Bertz CT molecular complexity index is 2570. The van der Waals surface area contributed by atoms with Crippen molar-refractivity contribution in [2.24, 2.45) is 11.8 Å². The van der Waals surface area contributed by atoms with Crippen molar-refractivity contribution in [1.29, 1.82) is 10.5 Å². The molecule has 3 aliphatic carbocycles. The van der Waals surface area contributed by atoms with Crippen LogP contribution in [0.15, 0.2) is 173 Å². The molecular formula is C46H32N4O. The lowest BCUT2D eigenvalue weighted by Crippen LogP contribution is -2.23. The molecule has 0 spiro atoms. The third-order valence-electron chi connectivity index (χ3n) is 10.1. The summed E-state index contributed by atoms with van der Waals surface area (Å²) >= 11 is 0. The van der Waals surface area contributed by atoms with Crippen LogP contribution in [0.5, 0.6) is 0 Å². The molecule has 5 aromatic carbocycles. The minimum Gasteiger partial charge on any atom is -0.460 e. The molecule has 0 saturated carbocycles. The van der Waals surface area contributed by atoms with E-state index in [0.29, 0.717) is 12.0 Å². The first-order chi connectivity index (χ1) is 25.2. The van der Waals surface area contributed by atoms with Crippen LogP contribution in [0.3, 0.4) is 0 Å². The summed E-state index contributed by atoms with van der Waals surface area (Å²) in [4.78, 5) is 4.37. The van der Waals surface area contributed by atoms with Gasteiger partial charge in [0.05, 0.1) is 23.2 Å². The highest BCUT2D eigenvalue weighted by atomic mass is 16.3. The van der Waals surface area contributed by atoms with E-state index in [4.69, 9.17) is 4.42 Å². The van der Waals surface area contributed by atoms with Gasteiger partial charge in [-0.15, -0.1) is 0 Å². The van der Waals surface area contributed by atoms with Gasteiger partial charge in [-0.2, -0.15) is 10.5 Å². The molecule has 0 saturated heterocycles. The number of fused-ring (bicyclic) bond motifs is 5. The summed E-state index contributed by atoms with van der Waals surface area (Å²) in [6, 6.07) is 44.0. The predicted octanol–water partition coefficient (Wildman–Crippen LogP) is 11.4. The van der Waals surface area contributed by atoms with E-state index in [1.54, 1.807) is 0 Å². The SMILES string of the molecule is N#Cc1ccccc1N(C1=CC2Cc3oc4cc5cc(N(C6=CC=CCC6C#N)c6ccccc6)ccc5cc4c3C=C2C=C1)c1ccccc1. The molecule has 9 rings (SSSR count). The summed E-state index contributed by atoms with van der Waals surface area (Å²) in [5, 5.41) is 23.3. The zero-order chi connectivity index (χ0) is 34.3. The second-order valence-corrected chi connectivity index (χ2v) is 13.1. The van der Waals surface area contributed by atoms with Crippen molar-refractivity contribution in [2.45, 2.75) is 12.8 Å². The first kappa shape index (κ1) is 30.3. The van der Waals surface area contributed by atoms with Crippen LogP contribution in [0, 0.1) is 34.5 Å². The minimum absolute atomic E-state index is 0.130. The van der Waals surface area contributed by atoms with Crippen LogP contribution in [0.4, 0.5) is 22.7 Å². The maximum Gasteiger partial charge on any atom is 0.135 e. The number of hydrogen-bond acceptors (Lipinski definition) is 5. The van der Waals surface area contributed by atoms with E-state index in [0.717, 1.165) is 73.6 Å². The van der Waals surface area contributed by atoms with Crippen LogP contribution in [0.1, 0.15) is 23.3 Å². The lowest BCUT2D eigenvalue weighted by molar-refractivity contribution is 0.520. The third-order valence-corrected chi connectivity index (χ3v) is 10.1. The van der Waals surface area contributed by atoms with Gasteiger partial charge in [0.15, 0.2) is 0 Å². The third kappa shape index (κ3) is 5.33.